The standard InChI is InChI=1S/C13H18N4O2/c1-9-10(2)16-17-12(11(9)8-14)15-5-4-13(3)18-6-7-19-13/h4-7H2,1-3H3,(H,15,17). The number of anilines is 1. The fourth-order valence-corrected chi connectivity index (χ4v) is 1.98. The van der Waals surface area contributed by atoms with Crippen LogP contribution in [0.2, 0.25) is 0 Å². The van der Waals surface area contributed by atoms with Crippen LogP contribution in [-0.4, -0.2) is 35.7 Å². The molecule has 0 aromatic carbocycles. The van der Waals surface area contributed by atoms with Crippen molar-refractivity contribution in [2.24, 2.45) is 0 Å². The van der Waals surface area contributed by atoms with Crippen molar-refractivity contribution in [1.82, 2.24) is 10.2 Å². The van der Waals surface area contributed by atoms with Gasteiger partial charge in [0.1, 0.15) is 11.6 Å². The summed E-state index contributed by atoms with van der Waals surface area (Å²) in [7, 11) is 0. The molecule has 1 saturated heterocycles. The van der Waals surface area contributed by atoms with Crippen molar-refractivity contribution in [2.45, 2.75) is 33.0 Å². The van der Waals surface area contributed by atoms with Crippen molar-refractivity contribution in [1.29, 1.82) is 5.26 Å². The number of aromatic nitrogens is 2. The summed E-state index contributed by atoms with van der Waals surface area (Å²) in [4.78, 5) is 0. The van der Waals surface area contributed by atoms with Gasteiger partial charge in [0.2, 0.25) is 0 Å². The predicted octanol–water partition coefficient (Wildman–Crippen LogP) is 1.53. The molecule has 1 aliphatic heterocycles. The zero-order valence-corrected chi connectivity index (χ0v) is 11.5. The van der Waals surface area contributed by atoms with E-state index in [9.17, 15) is 5.26 Å². The summed E-state index contributed by atoms with van der Waals surface area (Å²) in [5, 5.41) is 20.4. The first-order chi connectivity index (χ1) is 9.06. The lowest BCUT2D eigenvalue weighted by molar-refractivity contribution is -0.144. The number of aryl methyl sites for hydroxylation is 1. The quantitative estimate of drug-likeness (QED) is 0.886. The predicted molar refractivity (Wildman–Crippen MR) is 69.6 cm³/mol. The average Bonchev–Trinajstić information content (AvgIpc) is 2.81. The van der Waals surface area contributed by atoms with Gasteiger partial charge in [-0.3, -0.25) is 0 Å². The number of rotatable bonds is 4. The summed E-state index contributed by atoms with van der Waals surface area (Å²) in [6, 6.07) is 2.17. The van der Waals surface area contributed by atoms with Crippen LogP contribution in [-0.2, 0) is 9.47 Å². The minimum absolute atomic E-state index is 0.521. The summed E-state index contributed by atoms with van der Waals surface area (Å²) in [6.45, 7) is 7.50. The van der Waals surface area contributed by atoms with E-state index >= 15 is 0 Å². The van der Waals surface area contributed by atoms with Crippen LogP contribution in [0.25, 0.3) is 0 Å². The van der Waals surface area contributed by atoms with Crippen molar-refractivity contribution in [3.05, 3.63) is 16.8 Å². The Labute approximate surface area is 112 Å². The Balaban J connectivity index is 2.00. The molecular formula is C13H18N4O2. The Kier molecular flexibility index (Phi) is 3.98. The van der Waals surface area contributed by atoms with E-state index in [0.717, 1.165) is 11.3 Å². The molecule has 0 amide bonds. The fourth-order valence-electron chi connectivity index (χ4n) is 1.98. The maximum absolute atomic E-state index is 9.18. The normalized spacial score (nSPS) is 17.2. The van der Waals surface area contributed by atoms with Crippen LogP contribution in [0.3, 0.4) is 0 Å². The topological polar surface area (TPSA) is 80.1 Å². The summed E-state index contributed by atoms with van der Waals surface area (Å²) in [6.07, 6.45) is 0.687. The minimum Gasteiger partial charge on any atom is -0.367 e. The van der Waals surface area contributed by atoms with Crippen molar-refractivity contribution in [3.63, 3.8) is 0 Å². The summed E-state index contributed by atoms with van der Waals surface area (Å²) in [5.41, 5.74) is 2.18. The molecule has 1 fully saturated rings. The highest BCUT2D eigenvalue weighted by Gasteiger charge is 2.30. The lowest BCUT2D eigenvalue weighted by Gasteiger charge is -2.22. The van der Waals surface area contributed by atoms with Gasteiger partial charge in [0.05, 0.1) is 18.9 Å². The fraction of sp³-hybridized carbons (Fsp3) is 0.615. The third-order valence-electron chi connectivity index (χ3n) is 3.34. The Bertz CT molecular complexity index is 504. The maximum atomic E-state index is 9.18. The van der Waals surface area contributed by atoms with Crippen LogP contribution in [0, 0.1) is 25.2 Å². The first-order valence-electron chi connectivity index (χ1n) is 6.31. The molecule has 1 aromatic heterocycles. The van der Waals surface area contributed by atoms with Gasteiger partial charge in [0, 0.05) is 13.0 Å². The molecule has 0 radical (unpaired) electrons. The van der Waals surface area contributed by atoms with E-state index in [0.29, 0.717) is 37.6 Å². The number of nitriles is 1. The van der Waals surface area contributed by atoms with Gasteiger partial charge in [0.15, 0.2) is 11.6 Å². The highest BCUT2D eigenvalue weighted by molar-refractivity contribution is 5.55. The number of nitrogens with zero attached hydrogens (tertiary/aromatic N) is 3. The van der Waals surface area contributed by atoms with Crippen LogP contribution < -0.4 is 5.32 Å². The second-order valence-corrected chi connectivity index (χ2v) is 4.75. The van der Waals surface area contributed by atoms with Crippen molar-refractivity contribution < 1.29 is 9.47 Å². The maximum Gasteiger partial charge on any atom is 0.167 e. The Hall–Kier alpha value is -1.71. The Morgan fingerprint density at radius 3 is 2.63 bits per heavy atom. The van der Waals surface area contributed by atoms with Gasteiger partial charge >= 0.3 is 0 Å². The summed E-state index contributed by atoms with van der Waals surface area (Å²) in [5.74, 6) is -0.0142. The molecule has 6 nitrogen and oxygen atoms in total. The van der Waals surface area contributed by atoms with E-state index in [1.807, 2.05) is 20.8 Å². The number of hydrogen-bond donors (Lipinski definition) is 1. The molecule has 0 spiro atoms. The molecule has 0 saturated carbocycles. The van der Waals surface area contributed by atoms with E-state index in [-0.39, 0.29) is 0 Å². The highest BCUT2D eigenvalue weighted by atomic mass is 16.7. The molecule has 19 heavy (non-hydrogen) atoms. The van der Waals surface area contributed by atoms with Crippen LogP contribution in [0.4, 0.5) is 5.82 Å². The zero-order valence-electron chi connectivity index (χ0n) is 11.5. The van der Waals surface area contributed by atoms with Crippen LogP contribution in [0.1, 0.15) is 30.2 Å². The molecule has 2 heterocycles. The van der Waals surface area contributed by atoms with Gasteiger partial charge < -0.3 is 14.8 Å². The number of hydrogen-bond acceptors (Lipinski definition) is 6. The zero-order chi connectivity index (χ0) is 13.9. The Morgan fingerprint density at radius 2 is 2.00 bits per heavy atom. The molecule has 0 aliphatic carbocycles. The number of ether oxygens (including phenoxy) is 2. The van der Waals surface area contributed by atoms with Crippen molar-refractivity contribution in [2.75, 3.05) is 25.1 Å². The average molecular weight is 262 g/mol. The summed E-state index contributed by atoms with van der Waals surface area (Å²) < 4.78 is 11.0. The third kappa shape index (κ3) is 3.00. The molecule has 0 bridgehead atoms. The minimum atomic E-state index is -0.535. The molecule has 6 heteroatoms. The van der Waals surface area contributed by atoms with E-state index in [2.05, 4.69) is 21.6 Å². The van der Waals surface area contributed by atoms with Gasteiger partial charge in [-0.1, -0.05) is 0 Å². The van der Waals surface area contributed by atoms with Crippen molar-refractivity contribution in [3.8, 4) is 6.07 Å². The van der Waals surface area contributed by atoms with Crippen LogP contribution in [0.15, 0.2) is 0 Å². The Morgan fingerprint density at radius 1 is 1.32 bits per heavy atom. The number of nitrogens with one attached hydrogen (secondary N) is 1. The molecule has 2 rings (SSSR count). The molecule has 1 aliphatic rings. The molecule has 1 N–H and O–H groups in total. The van der Waals surface area contributed by atoms with Gasteiger partial charge in [-0.05, 0) is 26.3 Å². The second kappa shape index (κ2) is 5.51. The van der Waals surface area contributed by atoms with Gasteiger partial charge in [-0.2, -0.15) is 10.4 Å². The first kappa shape index (κ1) is 13.7. The molecule has 0 unspecified atom stereocenters. The lowest BCUT2D eigenvalue weighted by atomic mass is 10.1. The third-order valence-corrected chi connectivity index (χ3v) is 3.34. The van der Waals surface area contributed by atoms with Gasteiger partial charge in [-0.25, -0.2) is 0 Å². The molecular weight excluding hydrogens is 244 g/mol. The SMILES string of the molecule is Cc1nnc(NCCC2(C)OCCO2)c(C#N)c1C. The van der Waals surface area contributed by atoms with E-state index < -0.39 is 5.79 Å². The van der Waals surface area contributed by atoms with Gasteiger partial charge in [0.25, 0.3) is 0 Å². The van der Waals surface area contributed by atoms with Crippen molar-refractivity contribution >= 4 is 5.82 Å². The lowest BCUT2D eigenvalue weighted by Crippen LogP contribution is -2.28. The molecule has 1 aromatic rings. The molecule has 102 valence electrons. The van der Waals surface area contributed by atoms with Crippen LogP contribution >= 0.6 is 0 Å². The van der Waals surface area contributed by atoms with E-state index in [1.165, 1.54) is 0 Å². The smallest absolute Gasteiger partial charge is 0.167 e. The monoisotopic (exact) mass is 262 g/mol. The van der Waals surface area contributed by atoms with E-state index in [4.69, 9.17) is 9.47 Å². The molecule has 0 atom stereocenters. The summed E-state index contributed by atoms with van der Waals surface area (Å²) >= 11 is 0. The van der Waals surface area contributed by atoms with Crippen LogP contribution in [0.5, 0.6) is 0 Å². The first-order valence-corrected chi connectivity index (χ1v) is 6.31. The van der Waals surface area contributed by atoms with E-state index in [1.54, 1.807) is 0 Å². The largest absolute Gasteiger partial charge is 0.367 e. The highest BCUT2D eigenvalue weighted by Crippen LogP contribution is 2.23. The van der Waals surface area contributed by atoms with Gasteiger partial charge in [-0.15, -0.1) is 5.10 Å². The second-order valence-electron chi connectivity index (χ2n) is 4.75.